The number of nitrogens with two attached hydrogens (primary N) is 1. The monoisotopic (exact) mass is 307 g/mol. The van der Waals surface area contributed by atoms with Gasteiger partial charge in [-0.25, -0.2) is 4.79 Å². The number of urea groups is 1. The topological polar surface area (TPSA) is 93.4 Å². The van der Waals surface area contributed by atoms with Crippen LogP contribution in [0.15, 0.2) is 24.3 Å². The van der Waals surface area contributed by atoms with E-state index in [1.54, 1.807) is 26.0 Å². The summed E-state index contributed by atoms with van der Waals surface area (Å²) < 4.78 is 5.67. The van der Waals surface area contributed by atoms with Crippen molar-refractivity contribution in [2.24, 2.45) is 17.1 Å². The molecule has 1 aromatic rings. The SMILES string of the molecule is CC(C)COc1ccccc1NC(=O)NCC(C)(C)C(N)=O. The number of anilines is 1. The molecule has 0 spiro atoms. The zero-order chi connectivity index (χ0) is 16.8. The minimum Gasteiger partial charge on any atom is -0.491 e. The van der Waals surface area contributed by atoms with Crippen molar-refractivity contribution in [1.29, 1.82) is 0 Å². The molecule has 4 N–H and O–H groups in total. The van der Waals surface area contributed by atoms with E-state index in [4.69, 9.17) is 10.5 Å². The molecule has 122 valence electrons. The molecule has 22 heavy (non-hydrogen) atoms. The average molecular weight is 307 g/mol. The number of benzene rings is 1. The Morgan fingerprint density at radius 3 is 2.50 bits per heavy atom. The fourth-order valence-corrected chi connectivity index (χ4v) is 1.51. The van der Waals surface area contributed by atoms with E-state index in [0.717, 1.165) is 0 Å². The van der Waals surface area contributed by atoms with E-state index in [2.05, 4.69) is 24.5 Å². The van der Waals surface area contributed by atoms with Crippen LogP contribution in [0.4, 0.5) is 10.5 Å². The second kappa shape index (κ2) is 7.68. The first-order chi connectivity index (χ1) is 10.2. The summed E-state index contributed by atoms with van der Waals surface area (Å²) in [5.41, 5.74) is 5.05. The Labute approximate surface area is 131 Å². The number of nitrogens with one attached hydrogen (secondary N) is 2. The highest BCUT2D eigenvalue weighted by Crippen LogP contribution is 2.24. The molecule has 0 aromatic heterocycles. The van der Waals surface area contributed by atoms with Gasteiger partial charge in [0.1, 0.15) is 5.75 Å². The highest BCUT2D eigenvalue weighted by molar-refractivity contribution is 5.91. The molecule has 0 saturated heterocycles. The van der Waals surface area contributed by atoms with Crippen LogP contribution in [0.3, 0.4) is 0 Å². The standard InChI is InChI=1S/C16H25N3O3/c1-11(2)9-22-13-8-6-5-7-12(13)19-15(21)18-10-16(3,4)14(17)20/h5-8,11H,9-10H2,1-4H3,(H2,17,20)(H2,18,19,21). The van der Waals surface area contributed by atoms with Gasteiger partial charge in [0.05, 0.1) is 17.7 Å². The van der Waals surface area contributed by atoms with E-state index in [1.807, 2.05) is 12.1 Å². The number of amides is 3. The number of carbonyl (C=O) groups is 2. The van der Waals surface area contributed by atoms with Crippen molar-refractivity contribution in [1.82, 2.24) is 5.32 Å². The molecule has 0 aliphatic carbocycles. The van der Waals surface area contributed by atoms with Crippen molar-refractivity contribution in [3.05, 3.63) is 24.3 Å². The van der Waals surface area contributed by atoms with E-state index < -0.39 is 17.4 Å². The van der Waals surface area contributed by atoms with Gasteiger partial charge < -0.3 is 21.1 Å². The highest BCUT2D eigenvalue weighted by atomic mass is 16.5. The van der Waals surface area contributed by atoms with Gasteiger partial charge >= 0.3 is 6.03 Å². The van der Waals surface area contributed by atoms with Crippen molar-refractivity contribution in [3.63, 3.8) is 0 Å². The molecule has 0 bridgehead atoms. The molecule has 0 unspecified atom stereocenters. The normalized spacial score (nSPS) is 11.1. The van der Waals surface area contributed by atoms with E-state index in [1.165, 1.54) is 0 Å². The summed E-state index contributed by atoms with van der Waals surface area (Å²) in [5, 5.41) is 5.36. The highest BCUT2D eigenvalue weighted by Gasteiger charge is 2.25. The summed E-state index contributed by atoms with van der Waals surface area (Å²) in [7, 11) is 0. The van der Waals surface area contributed by atoms with Gasteiger partial charge in [-0.3, -0.25) is 4.79 Å². The minimum atomic E-state index is -0.801. The van der Waals surface area contributed by atoms with E-state index in [0.29, 0.717) is 24.0 Å². The van der Waals surface area contributed by atoms with Gasteiger partial charge in [-0.05, 0) is 31.9 Å². The first kappa shape index (κ1) is 17.8. The first-order valence-corrected chi connectivity index (χ1v) is 7.29. The van der Waals surface area contributed by atoms with Gasteiger partial charge in [0.15, 0.2) is 0 Å². The minimum absolute atomic E-state index is 0.156. The molecular formula is C16H25N3O3. The van der Waals surface area contributed by atoms with Crippen LogP contribution in [0, 0.1) is 11.3 Å². The number of ether oxygens (including phenoxy) is 1. The molecule has 0 radical (unpaired) electrons. The third-order valence-corrected chi connectivity index (χ3v) is 3.07. The lowest BCUT2D eigenvalue weighted by Crippen LogP contribution is -2.43. The number of hydrogen-bond acceptors (Lipinski definition) is 3. The third kappa shape index (κ3) is 5.63. The molecule has 0 fully saturated rings. The lowest BCUT2D eigenvalue weighted by Gasteiger charge is -2.21. The van der Waals surface area contributed by atoms with E-state index >= 15 is 0 Å². The Morgan fingerprint density at radius 1 is 1.27 bits per heavy atom. The van der Waals surface area contributed by atoms with Gasteiger partial charge in [-0.1, -0.05) is 26.0 Å². The quantitative estimate of drug-likeness (QED) is 0.722. The Bertz CT molecular complexity index is 527. The Balaban J connectivity index is 2.63. The van der Waals surface area contributed by atoms with E-state index in [-0.39, 0.29) is 6.54 Å². The Morgan fingerprint density at radius 2 is 1.91 bits per heavy atom. The second-order valence-corrected chi connectivity index (χ2v) is 6.26. The number of rotatable bonds is 7. The largest absolute Gasteiger partial charge is 0.491 e. The average Bonchev–Trinajstić information content (AvgIpc) is 2.44. The molecular weight excluding hydrogens is 282 g/mol. The smallest absolute Gasteiger partial charge is 0.319 e. The summed E-state index contributed by atoms with van der Waals surface area (Å²) in [5.74, 6) is 0.534. The summed E-state index contributed by atoms with van der Waals surface area (Å²) in [4.78, 5) is 23.2. The van der Waals surface area contributed by atoms with E-state index in [9.17, 15) is 9.59 Å². The van der Waals surface area contributed by atoms with Crippen molar-refractivity contribution >= 4 is 17.6 Å². The fraction of sp³-hybridized carbons (Fsp3) is 0.500. The number of carbonyl (C=O) groups excluding carboxylic acids is 2. The molecule has 0 heterocycles. The van der Waals surface area contributed by atoms with Crippen molar-refractivity contribution < 1.29 is 14.3 Å². The molecule has 6 heteroatoms. The predicted molar refractivity (Wildman–Crippen MR) is 86.8 cm³/mol. The van der Waals surface area contributed by atoms with Crippen LogP contribution < -0.4 is 21.1 Å². The zero-order valence-electron chi connectivity index (χ0n) is 13.6. The Kier molecular flexibility index (Phi) is 6.22. The number of para-hydroxylation sites is 2. The lowest BCUT2D eigenvalue weighted by molar-refractivity contribution is -0.125. The van der Waals surface area contributed by atoms with Gasteiger partial charge in [0, 0.05) is 6.54 Å². The fourth-order valence-electron chi connectivity index (χ4n) is 1.51. The van der Waals surface area contributed by atoms with Crippen LogP contribution in [-0.2, 0) is 4.79 Å². The maximum atomic E-state index is 11.9. The predicted octanol–water partition coefficient (Wildman–Crippen LogP) is 2.35. The summed E-state index contributed by atoms with van der Waals surface area (Å²) in [6.07, 6.45) is 0. The maximum absolute atomic E-state index is 11.9. The number of primary amides is 1. The van der Waals surface area contributed by atoms with Gasteiger partial charge in [0.2, 0.25) is 5.91 Å². The van der Waals surface area contributed by atoms with Crippen molar-refractivity contribution in [3.8, 4) is 5.75 Å². The molecule has 1 aromatic carbocycles. The molecule has 0 saturated carbocycles. The van der Waals surface area contributed by atoms with Crippen LogP contribution in [0.5, 0.6) is 5.75 Å². The summed E-state index contributed by atoms with van der Waals surface area (Å²) >= 11 is 0. The van der Waals surface area contributed by atoms with Crippen molar-refractivity contribution in [2.75, 3.05) is 18.5 Å². The van der Waals surface area contributed by atoms with Crippen LogP contribution >= 0.6 is 0 Å². The molecule has 0 aliphatic heterocycles. The Hall–Kier alpha value is -2.24. The second-order valence-electron chi connectivity index (χ2n) is 6.26. The zero-order valence-corrected chi connectivity index (χ0v) is 13.6. The molecule has 0 aliphatic rings. The van der Waals surface area contributed by atoms with Crippen LogP contribution in [0.2, 0.25) is 0 Å². The molecule has 3 amide bonds. The third-order valence-electron chi connectivity index (χ3n) is 3.07. The van der Waals surface area contributed by atoms with Gasteiger partial charge in [-0.15, -0.1) is 0 Å². The van der Waals surface area contributed by atoms with Crippen LogP contribution in [0.25, 0.3) is 0 Å². The van der Waals surface area contributed by atoms with Crippen molar-refractivity contribution in [2.45, 2.75) is 27.7 Å². The molecule has 1 rings (SSSR count). The lowest BCUT2D eigenvalue weighted by atomic mass is 9.93. The summed E-state index contributed by atoms with van der Waals surface area (Å²) in [6.45, 7) is 8.17. The van der Waals surface area contributed by atoms with Crippen LogP contribution in [-0.4, -0.2) is 25.1 Å². The van der Waals surface area contributed by atoms with Crippen LogP contribution in [0.1, 0.15) is 27.7 Å². The molecule has 6 nitrogen and oxygen atoms in total. The van der Waals surface area contributed by atoms with Gasteiger partial charge in [0.25, 0.3) is 0 Å². The molecule has 0 atom stereocenters. The maximum Gasteiger partial charge on any atom is 0.319 e. The first-order valence-electron chi connectivity index (χ1n) is 7.29. The number of hydrogen-bond donors (Lipinski definition) is 3. The summed E-state index contributed by atoms with van der Waals surface area (Å²) in [6, 6.07) is 6.80. The van der Waals surface area contributed by atoms with Gasteiger partial charge in [-0.2, -0.15) is 0 Å².